The van der Waals surface area contributed by atoms with Crippen LogP contribution in [0.15, 0.2) is 73.2 Å². The molecule has 1 amide bonds. The standard InChI is InChI=1S/C16H11BrN2O3/c17-13-5-2-1-4-12(13)14-8-7-11(22-14)10-18-19-16(20)15-6-3-9-21-15/h1-10H,(H,19,20)/b18-10-. The third kappa shape index (κ3) is 3.17. The van der Waals surface area contributed by atoms with Gasteiger partial charge in [0.05, 0.1) is 12.5 Å². The molecule has 0 atom stereocenters. The van der Waals surface area contributed by atoms with Crippen molar-refractivity contribution >= 4 is 28.1 Å². The van der Waals surface area contributed by atoms with Crippen LogP contribution in [0.1, 0.15) is 16.3 Å². The summed E-state index contributed by atoms with van der Waals surface area (Å²) in [6, 6.07) is 14.6. The second kappa shape index (κ2) is 6.44. The van der Waals surface area contributed by atoms with Crippen LogP contribution in [0.25, 0.3) is 11.3 Å². The van der Waals surface area contributed by atoms with Crippen molar-refractivity contribution in [3.8, 4) is 11.3 Å². The van der Waals surface area contributed by atoms with E-state index in [2.05, 4.69) is 26.5 Å². The molecule has 0 fully saturated rings. The third-order valence-corrected chi connectivity index (χ3v) is 3.56. The topological polar surface area (TPSA) is 67.7 Å². The van der Waals surface area contributed by atoms with Crippen LogP contribution in [0, 0.1) is 0 Å². The van der Waals surface area contributed by atoms with Gasteiger partial charge in [0.2, 0.25) is 0 Å². The van der Waals surface area contributed by atoms with Gasteiger partial charge in [-0.1, -0.05) is 34.1 Å². The number of hydrogen-bond acceptors (Lipinski definition) is 4. The lowest BCUT2D eigenvalue weighted by atomic mass is 10.2. The van der Waals surface area contributed by atoms with Crippen LogP contribution < -0.4 is 5.43 Å². The fraction of sp³-hybridized carbons (Fsp3) is 0. The summed E-state index contributed by atoms with van der Waals surface area (Å²) in [6.07, 6.45) is 2.86. The van der Waals surface area contributed by atoms with E-state index in [-0.39, 0.29) is 5.76 Å². The van der Waals surface area contributed by atoms with Crippen LogP contribution in [-0.2, 0) is 0 Å². The number of nitrogens with one attached hydrogen (secondary N) is 1. The second-order valence-electron chi connectivity index (χ2n) is 4.36. The number of amides is 1. The number of hydrogen-bond donors (Lipinski definition) is 1. The number of halogens is 1. The van der Waals surface area contributed by atoms with Crippen molar-refractivity contribution in [3.05, 3.63) is 70.8 Å². The maximum Gasteiger partial charge on any atom is 0.307 e. The average Bonchev–Trinajstić information content (AvgIpc) is 3.19. The van der Waals surface area contributed by atoms with Crippen molar-refractivity contribution in [1.82, 2.24) is 5.43 Å². The van der Waals surface area contributed by atoms with E-state index in [0.29, 0.717) is 11.5 Å². The molecule has 0 bridgehead atoms. The Bertz CT molecular complexity index is 806. The average molecular weight is 359 g/mol. The fourth-order valence-electron chi connectivity index (χ4n) is 1.85. The van der Waals surface area contributed by atoms with Crippen LogP contribution in [0.2, 0.25) is 0 Å². The number of carbonyl (C=O) groups is 1. The lowest BCUT2D eigenvalue weighted by molar-refractivity contribution is 0.0927. The second-order valence-corrected chi connectivity index (χ2v) is 5.21. The molecule has 3 aromatic rings. The molecule has 110 valence electrons. The summed E-state index contributed by atoms with van der Waals surface area (Å²) in [5, 5.41) is 3.84. The summed E-state index contributed by atoms with van der Waals surface area (Å²) in [7, 11) is 0. The van der Waals surface area contributed by atoms with E-state index in [1.54, 1.807) is 18.2 Å². The molecular weight excluding hydrogens is 348 g/mol. The first-order valence-electron chi connectivity index (χ1n) is 6.46. The van der Waals surface area contributed by atoms with Crippen LogP contribution in [0.4, 0.5) is 0 Å². The SMILES string of the molecule is O=C(N/N=C\c1ccc(-c2ccccc2Br)o1)c1ccco1. The molecule has 2 heterocycles. The van der Waals surface area contributed by atoms with Crippen molar-refractivity contribution in [2.24, 2.45) is 5.10 Å². The molecule has 0 aliphatic carbocycles. The summed E-state index contributed by atoms with van der Waals surface area (Å²) in [5.41, 5.74) is 3.31. The van der Waals surface area contributed by atoms with E-state index in [1.807, 2.05) is 30.3 Å². The summed E-state index contributed by atoms with van der Waals surface area (Å²) in [4.78, 5) is 11.6. The lowest BCUT2D eigenvalue weighted by Crippen LogP contribution is -2.16. The Kier molecular flexibility index (Phi) is 4.20. The van der Waals surface area contributed by atoms with Gasteiger partial charge in [-0.2, -0.15) is 5.10 Å². The van der Waals surface area contributed by atoms with E-state index in [4.69, 9.17) is 8.83 Å². The van der Waals surface area contributed by atoms with Crippen LogP contribution >= 0.6 is 15.9 Å². The van der Waals surface area contributed by atoms with Gasteiger partial charge in [-0.05, 0) is 30.3 Å². The Morgan fingerprint density at radius 2 is 2.00 bits per heavy atom. The highest BCUT2D eigenvalue weighted by Crippen LogP contribution is 2.28. The predicted molar refractivity (Wildman–Crippen MR) is 85.6 cm³/mol. The van der Waals surface area contributed by atoms with E-state index in [0.717, 1.165) is 10.0 Å². The first-order valence-corrected chi connectivity index (χ1v) is 7.25. The van der Waals surface area contributed by atoms with Gasteiger partial charge < -0.3 is 8.83 Å². The van der Waals surface area contributed by atoms with Gasteiger partial charge in [0, 0.05) is 10.0 Å². The minimum absolute atomic E-state index is 0.200. The molecule has 0 aliphatic heterocycles. The molecule has 0 spiro atoms. The molecule has 2 aromatic heterocycles. The first-order chi connectivity index (χ1) is 10.7. The Morgan fingerprint density at radius 1 is 1.14 bits per heavy atom. The lowest BCUT2D eigenvalue weighted by Gasteiger charge is -1.99. The molecule has 3 rings (SSSR count). The number of rotatable bonds is 4. The van der Waals surface area contributed by atoms with Gasteiger partial charge in [-0.15, -0.1) is 0 Å². The quantitative estimate of drug-likeness (QED) is 0.564. The normalized spacial score (nSPS) is 11.0. The van der Waals surface area contributed by atoms with Crippen LogP contribution in [0.3, 0.4) is 0 Å². The number of furan rings is 2. The van der Waals surface area contributed by atoms with Crippen molar-refractivity contribution in [2.45, 2.75) is 0 Å². The zero-order chi connectivity index (χ0) is 15.4. The third-order valence-electron chi connectivity index (χ3n) is 2.87. The maximum atomic E-state index is 11.6. The van der Waals surface area contributed by atoms with Gasteiger partial charge in [-0.3, -0.25) is 4.79 Å². The molecule has 5 nitrogen and oxygen atoms in total. The highest BCUT2D eigenvalue weighted by atomic mass is 79.9. The number of carbonyl (C=O) groups excluding carboxylic acids is 1. The number of nitrogens with zero attached hydrogens (tertiary/aromatic N) is 1. The Balaban J connectivity index is 1.68. The van der Waals surface area contributed by atoms with Gasteiger partial charge in [0.1, 0.15) is 11.5 Å². The molecule has 0 saturated carbocycles. The zero-order valence-corrected chi connectivity index (χ0v) is 12.9. The minimum atomic E-state index is -0.418. The maximum absolute atomic E-state index is 11.6. The summed E-state index contributed by atoms with van der Waals surface area (Å²) in [6.45, 7) is 0. The number of benzene rings is 1. The van der Waals surface area contributed by atoms with E-state index in [9.17, 15) is 4.79 Å². The van der Waals surface area contributed by atoms with Crippen molar-refractivity contribution in [2.75, 3.05) is 0 Å². The molecule has 6 heteroatoms. The van der Waals surface area contributed by atoms with Gasteiger partial charge >= 0.3 is 5.91 Å². The minimum Gasteiger partial charge on any atom is -0.459 e. The molecular formula is C16H11BrN2O3. The van der Waals surface area contributed by atoms with Crippen molar-refractivity contribution < 1.29 is 13.6 Å². The largest absolute Gasteiger partial charge is 0.459 e. The smallest absolute Gasteiger partial charge is 0.307 e. The first kappa shape index (κ1) is 14.3. The Morgan fingerprint density at radius 3 is 2.77 bits per heavy atom. The van der Waals surface area contributed by atoms with Gasteiger partial charge in [-0.25, -0.2) is 5.43 Å². The highest BCUT2D eigenvalue weighted by molar-refractivity contribution is 9.10. The zero-order valence-electron chi connectivity index (χ0n) is 11.3. The summed E-state index contributed by atoms with van der Waals surface area (Å²) in [5.74, 6) is 1.03. The van der Waals surface area contributed by atoms with E-state index >= 15 is 0 Å². The molecule has 0 aliphatic rings. The Labute approximate surface area is 134 Å². The molecule has 22 heavy (non-hydrogen) atoms. The van der Waals surface area contributed by atoms with Crippen LogP contribution in [0.5, 0.6) is 0 Å². The summed E-state index contributed by atoms with van der Waals surface area (Å²) < 4.78 is 11.6. The van der Waals surface area contributed by atoms with E-state index in [1.165, 1.54) is 12.5 Å². The summed E-state index contributed by atoms with van der Waals surface area (Å²) >= 11 is 3.47. The predicted octanol–water partition coefficient (Wildman–Crippen LogP) is 4.07. The highest BCUT2D eigenvalue weighted by Gasteiger charge is 2.08. The molecule has 1 aromatic carbocycles. The monoisotopic (exact) mass is 358 g/mol. The van der Waals surface area contributed by atoms with Crippen molar-refractivity contribution in [1.29, 1.82) is 0 Å². The van der Waals surface area contributed by atoms with Gasteiger partial charge in [0.25, 0.3) is 0 Å². The molecule has 0 radical (unpaired) electrons. The molecule has 0 unspecified atom stereocenters. The molecule has 1 N–H and O–H groups in total. The van der Waals surface area contributed by atoms with Crippen LogP contribution in [-0.4, -0.2) is 12.1 Å². The molecule has 0 saturated heterocycles. The Hall–Kier alpha value is -2.60. The van der Waals surface area contributed by atoms with Crippen molar-refractivity contribution in [3.63, 3.8) is 0 Å². The van der Waals surface area contributed by atoms with Gasteiger partial charge in [0.15, 0.2) is 5.76 Å². The fourth-order valence-corrected chi connectivity index (χ4v) is 2.33. The van der Waals surface area contributed by atoms with E-state index < -0.39 is 5.91 Å². The number of hydrazone groups is 1.